The van der Waals surface area contributed by atoms with Gasteiger partial charge < -0.3 is 11.1 Å². The van der Waals surface area contributed by atoms with E-state index >= 15 is 0 Å². The van der Waals surface area contributed by atoms with Gasteiger partial charge in [-0.15, -0.1) is 0 Å². The lowest BCUT2D eigenvalue weighted by Gasteiger charge is -2.53. The average Bonchev–Trinajstić information content (AvgIpc) is 2.38. The van der Waals surface area contributed by atoms with E-state index in [0.717, 1.165) is 39.0 Å². The Kier molecular flexibility index (Phi) is 4.51. The van der Waals surface area contributed by atoms with Gasteiger partial charge in [0.1, 0.15) is 5.54 Å². The first-order valence-corrected chi connectivity index (χ1v) is 7.74. The lowest BCUT2D eigenvalue weighted by molar-refractivity contribution is -0.142. The van der Waals surface area contributed by atoms with Gasteiger partial charge in [-0.05, 0) is 30.6 Å². The normalized spacial score (nSPS) is 37.5. The van der Waals surface area contributed by atoms with Crippen LogP contribution in [0.25, 0.3) is 0 Å². The zero-order chi connectivity index (χ0) is 14.0. The van der Waals surface area contributed by atoms with Crippen LogP contribution >= 0.6 is 0 Å². The first-order chi connectivity index (χ1) is 8.98. The fourth-order valence-corrected chi connectivity index (χ4v) is 4.24. The predicted octanol–water partition coefficient (Wildman–Crippen LogP) is 1.21. The molecule has 1 saturated heterocycles. The molecule has 3 unspecified atom stereocenters. The monoisotopic (exact) mass is 267 g/mol. The highest BCUT2D eigenvalue weighted by molar-refractivity contribution is 5.85. The number of primary amides is 1. The zero-order valence-electron chi connectivity index (χ0n) is 12.6. The van der Waals surface area contributed by atoms with Gasteiger partial charge in [0.25, 0.3) is 0 Å². The minimum atomic E-state index is -0.409. The van der Waals surface area contributed by atoms with Crippen LogP contribution in [0.1, 0.15) is 40.0 Å². The van der Waals surface area contributed by atoms with Crippen molar-refractivity contribution in [3.8, 4) is 0 Å². The average molecular weight is 267 g/mol. The molecular weight excluding hydrogens is 238 g/mol. The minimum Gasteiger partial charge on any atom is -0.368 e. The molecule has 1 saturated carbocycles. The molecule has 0 aromatic heterocycles. The van der Waals surface area contributed by atoms with E-state index in [1.54, 1.807) is 0 Å². The van der Waals surface area contributed by atoms with Gasteiger partial charge in [0.15, 0.2) is 0 Å². The quantitative estimate of drug-likeness (QED) is 0.808. The maximum absolute atomic E-state index is 12.4. The number of carbonyl (C=O) groups is 1. The first kappa shape index (κ1) is 14.8. The summed E-state index contributed by atoms with van der Waals surface area (Å²) in [5, 5.41) is 3.37. The molecule has 4 heteroatoms. The van der Waals surface area contributed by atoms with Crippen molar-refractivity contribution >= 4 is 5.91 Å². The lowest BCUT2D eigenvalue weighted by atomic mass is 9.63. The summed E-state index contributed by atoms with van der Waals surface area (Å²) in [4.78, 5) is 14.8. The van der Waals surface area contributed by atoms with E-state index in [0.29, 0.717) is 17.8 Å². The summed E-state index contributed by atoms with van der Waals surface area (Å²) in [6.45, 7) is 10.6. The van der Waals surface area contributed by atoms with E-state index in [1.807, 2.05) is 0 Å². The molecule has 0 aromatic rings. The molecular formula is C15H29N3O. The van der Waals surface area contributed by atoms with Crippen molar-refractivity contribution in [1.29, 1.82) is 0 Å². The largest absolute Gasteiger partial charge is 0.368 e. The molecule has 2 rings (SSSR count). The number of rotatable bonds is 3. The number of nitrogens with two attached hydrogens (primary N) is 1. The van der Waals surface area contributed by atoms with Crippen LogP contribution in [0.3, 0.4) is 0 Å². The van der Waals surface area contributed by atoms with E-state index in [1.165, 1.54) is 6.42 Å². The molecule has 1 aliphatic carbocycles. The number of nitrogens with zero attached hydrogens (tertiary/aromatic N) is 1. The van der Waals surface area contributed by atoms with Crippen molar-refractivity contribution < 1.29 is 4.79 Å². The summed E-state index contributed by atoms with van der Waals surface area (Å²) in [5.74, 6) is 1.41. The molecule has 2 aliphatic rings. The van der Waals surface area contributed by atoms with E-state index < -0.39 is 5.54 Å². The van der Waals surface area contributed by atoms with Crippen molar-refractivity contribution in [3.05, 3.63) is 0 Å². The molecule has 1 aliphatic heterocycles. The molecule has 0 spiro atoms. The number of piperazine rings is 1. The van der Waals surface area contributed by atoms with Crippen LogP contribution in [-0.2, 0) is 4.79 Å². The van der Waals surface area contributed by atoms with Crippen LogP contribution in [0.4, 0.5) is 0 Å². The summed E-state index contributed by atoms with van der Waals surface area (Å²) >= 11 is 0. The molecule has 3 N–H and O–H groups in total. The number of hydrogen-bond acceptors (Lipinski definition) is 3. The van der Waals surface area contributed by atoms with Crippen LogP contribution in [0.5, 0.6) is 0 Å². The highest BCUT2D eigenvalue weighted by Crippen LogP contribution is 2.44. The highest BCUT2D eigenvalue weighted by atomic mass is 16.1. The van der Waals surface area contributed by atoms with Gasteiger partial charge in [-0.3, -0.25) is 9.69 Å². The van der Waals surface area contributed by atoms with Gasteiger partial charge in [-0.1, -0.05) is 27.2 Å². The Bertz CT molecular complexity index is 325. The molecule has 0 bridgehead atoms. The van der Waals surface area contributed by atoms with Gasteiger partial charge in [-0.2, -0.15) is 0 Å². The predicted molar refractivity (Wildman–Crippen MR) is 77.7 cm³/mol. The Morgan fingerprint density at radius 2 is 1.95 bits per heavy atom. The number of hydrogen-bond donors (Lipinski definition) is 2. The summed E-state index contributed by atoms with van der Waals surface area (Å²) in [6.07, 6.45) is 3.29. The van der Waals surface area contributed by atoms with E-state index in [4.69, 9.17) is 5.73 Å². The van der Waals surface area contributed by atoms with Crippen molar-refractivity contribution in [1.82, 2.24) is 10.2 Å². The van der Waals surface area contributed by atoms with Crippen LogP contribution in [0.15, 0.2) is 0 Å². The fourth-order valence-electron chi connectivity index (χ4n) is 4.24. The lowest BCUT2D eigenvalue weighted by Crippen LogP contribution is -2.68. The second-order valence-corrected chi connectivity index (χ2v) is 6.76. The van der Waals surface area contributed by atoms with Crippen LogP contribution in [0.2, 0.25) is 0 Å². The van der Waals surface area contributed by atoms with Gasteiger partial charge in [0.2, 0.25) is 5.91 Å². The number of amides is 1. The summed E-state index contributed by atoms with van der Waals surface area (Å²) in [7, 11) is 0. The minimum absolute atomic E-state index is 0.0975. The summed E-state index contributed by atoms with van der Waals surface area (Å²) in [5.41, 5.74) is 5.51. The molecule has 0 aromatic carbocycles. The fraction of sp³-hybridized carbons (Fsp3) is 0.933. The Labute approximate surface area is 117 Å². The highest BCUT2D eigenvalue weighted by Gasteiger charge is 2.52. The molecule has 3 atom stereocenters. The van der Waals surface area contributed by atoms with Crippen LogP contribution in [0, 0.1) is 17.8 Å². The van der Waals surface area contributed by atoms with Gasteiger partial charge >= 0.3 is 0 Å². The smallest absolute Gasteiger partial charge is 0.238 e. The number of carbonyl (C=O) groups excluding carboxylic acids is 1. The zero-order valence-corrected chi connectivity index (χ0v) is 12.6. The topological polar surface area (TPSA) is 58.4 Å². The van der Waals surface area contributed by atoms with Gasteiger partial charge in [-0.25, -0.2) is 0 Å². The standard InChI is InChI=1S/C15H29N3O/c1-11(2)13-5-4-12(3)10-15(13,14(16)19)18-8-6-17-7-9-18/h11-13,17H,4-10H2,1-3H3,(H2,16,19). The molecule has 110 valence electrons. The second kappa shape index (κ2) is 5.80. The SMILES string of the molecule is CC1CCC(C(C)C)C(C(N)=O)(N2CCNCC2)C1. The van der Waals surface area contributed by atoms with E-state index in [-0.39, 0.29) is 5.91 Å². The van der Waals surface area contributed by atoms with Crippen molar-refractivity contribution in [2.45, 2.75) is 45.6 Å². The molecule has 1 heterocycles. The van der Waals surface area contributed by atoms with Crippen molar-refractivity contribution in [2.24, 2.45) is 23.5 Å². The maximum Gasteiger partial charge on any atom is 0.238 e. The molecule has 1 amide bonds. The van der Waals surface area contributed by atoms with Gasteiger partial charge in [0.05, 0.1) is 0 Å². The van der Waals surface area contributed by atoms with Crippen LogP contribution in [-0.4, -0.2) is 42.5 Å². The Morgan fingerprint density at radius 1 is 1.32 bits per heavy atom. The third kappa shape index (κ3) is 2.65. The summed E-state index contributed by atoms with van der Waals surface area (Å²) < 4.78 is 0. The second-order valence-electron chi connectivity index (χ2n) is 6.76. The first-order valence-electron chi connectivity index (χ1n) is 7.74. The maximum atomic E-state index is 12.4. The molecule has 4 nitrogen and oxygen atoms in total. The third-order valence-corrected chi connectivity index (χ3v) is 5.16. The summed E-state index contributed by atoms with van der Waals surface area (Å²) in [6, 6.07) is 0. The van der Waals surface area contributed by atoms with Crippen molar-refractivity contribution in [3.63, 3.8) is 0 Å². The molecule has 19 heavy (non-hydrogen) atoms. The Hall–Kier alpha value is -0.610. The molecule has 0 radical (unpaired) electrons. The van der Waals surface area contributed by atoms with Crippen LogP contribution < -0.4 is 11.1 Å². The Balaban J connectivity index is 2.34. The number of nitrogens with one attached hydrogen (secondary N) is 1. The van der Waals surface area contributed by atoms with E-state index in [9.17, 15) is 4.79 Å². The van der Waals surface area contributed by atoms with E-state index in [2.05, 4.69) is 31.0 Å². The third-order valence-electron chi connectivity index (χ3n) is 5.16. The Morgan fingerprint density at radius 3 is 2.47 bits per heavy atom. The molecule has 2 fully saturated rings. The van der Waals surface area contributed by atoms with Crippen molar-refractivity contribution in [2.75, 3.05) is 26.2 Å². The van der Waals surface area contributed by atoms with Gasteiger partial charge in [0, 0.05) is 26.2 Å².